The van der Waals surface area contributed by atoms with Crippen LogP contribution >= 0.6 is 22.6 Å². The highest BCUT2D eigenvalue weighted by molar-refractivity contribution is 14.1. The number of pyridine rings is 1. The first-order valence-corrected chi connectivity index (χ1v) is 8.71. The normalized spacial score (nSPS) is 12.6. The van der Waals surface area contributed by atoms with E-state index in [1.165, 1.54) is 18.3 Å². The maximum Gasteiger partial charge on any atom is 0.343 e. The summed E-state index contributed by atoms with van der Waals surface area (Å²) >= 11 is 1.80. The Hall–Kier alpha value is -1.48. The SMILES string of the molecule is CCOC(=O)c1cn(C(CO)C(C)C)c2cc(F)c(I)cc2c1=O. The third kappa shape index (κ3) is 3.46. The first-order chi connectivity index (χ1) is 11.3. The van der Waals surface area contributed by atoms with E-state index in [0.29, 0.717) is 5.52 Å². The summed E-state index contributed by atoms with van der Waals surface area (Å²) in [6.07, 6.45) is 1.36. The molecule has 130 valence electrons. The molecule has 5 nitrogen and oxygen atoms in total. The molecule has 1 atom stereocenters. The number of benzene rings is 1. The molecule has 0 saturated heterocycles. The largest absolute Gasteiger partial charge is 0.462 e. The third-order valence-electron chi connectivity index (χ3n) is 3.88. The smallest absolute Gasteiger partial charge is 0.343 e. The van der Waals surface area contributed by atoms with E-state index in [9.17, 15) is 19.1 Å². The Morgan fingerprint density at radius 2 is 2.08 bits per heavy atom. The van der Waals surface area contributed by atoms with Gasteiger partial charge in [-0.2, -0.15) is 0 Å². The Morgan fingerprint density at radius 3 is 2.62 bits per heavy atom. The minimum absolute atomic E-state index is 0.0121. The van der Waals surface area contributed by atoms with Crippen LogP contribution in [0.4, 0.5) is 4.39 Å². The van der Waals surface area contributed by atoms with Crippen molar-refractivity contribution in [2.24, 2.45) is 5.92 Å². The molecule has 1 aromatic heterocycles. The molecule has 0 spiro atoms. The fourth-order valence-corrected chi connectivity index (χ4v) is 3.06. The molecule has 0 aliphatic heterocycles. The van der Waals surface area contributed by atoms with Crippen molar-refractivity contribution in [2.75, 3.05) is 13.2 Å². The van der Waals surface area contributed by atoms with Gasteiger partial charge in [-0.3, -0.25) is 4.79 Å². The first-order valence-electron chi connectivity index (χ1n) is 7.63. The Kier molecular flexibility index (Phi) is 5.97. The van der Waals surface area contributed by atoms with Crippen LogP contribution in [-0.2, 0) is 4.74 Å². The van der Waals surface area contributed by atoms with Gasteiger partial charge in [0, 0.05) is 15.2 Å². The van der Waals surface area contributed by atoms with Gasteiger partial charge in [-0.05, 0) is 47.6 Å². The molecule has 0 bridgehead atoms. The summed E-state index contributed by atoms with van der Waals surface area (Å²) < 4.78 is 20.9. The second-order valence-corrected chi connectivity index (χ2v) is 6.94. The number of aliphatic hydroxyl groups is 1. The standard InChI is InChI=1S/C17H19FINO4/c1-4-24-17(23)11-7-20(15(8-21)9(2)3)14-6-12(18)13(19)5-10(14)16(11)22/h5-7,9,15,21H,4,8H2,1-3H3. The van der Waals surface area contributed by atoms with Gasteiger partial charge in [-0.1, -0.05) is 13.8 Å². The molecule has 1 unspecified atom stereocenters. The summed E-state index contributed by atoms with van der Waals surface area (Å²) in [7, 11) is 0. The van der Waals surface area contributed by atoms with Crippen molar-refractivity contribution in [3.63, 3.8) is 0 Å². The van der Waals surface area contributed by atoms with E-state index in [0.717, 1.165) is 0 Å². The topological polar surface area (TPSA) is 68.5 Å². The Balaban J connectivity index is 2.88. The van der Waals surface area contributed by atoms with E-state index in [2.05, 4.69) is 0 Å². The van der Waals surface area contributed by atoms with Gasteiger partial charge in [0.25, 0.3) is 0 Å². The van der Waals surface area contributed by atoms with Crippen LogP contribution in [-0.4, -0.2) is 28.9 Å². The van der Waals surface area contributed by atoms with Crippen LogP contribution in [0.1, 0.15) is 37.2 Å². The molecule has 24 heavy (non-hydrogen) atoms. The lowest BCUT2D eigenvalue weighted by atomic mass is 10.0. The van der Waals surface area contributed by atoms with E-state index in [-0.39, 0.29) is 33.7 Å². The van der Waals surface area contributed by atoms with E-state index < -0.39 is 23.3 Å². The van der Waals surface area contributed by atoms with Crippen LogP contribution in [0.3, 0.4) is 0 Å². The van der Waals surface area contributed by atoms with Gasteiger partial charge < -0.3 is 14.4 Å². The molecule has 2 rings (SSSR count). The number of carbonyl (C=O) groups excluding carboxylic acids is 1. The second kappa shape index (κ2) is 7.60. The van der Waals surface area contributed by atoms with Gasteiger partial charge in [0.05, 0.1) is 24.8 Å². The van der Waals surface area contributed by atoms with Crippen LogP contribution in [0.5, 0.6) is 0 Å². The second-order valence-electron chi connectivity index (χ2n) is 5.78. The quantitative estimate of drug-likeness (QED) is 0.565. The van der Waals surface area contributed by atoms with Gasteiger partial charge in [0.2, 0.25) is 5.43 Å². The van der Waals surface area contributed by atoms with Crippen molar-refractivity contribution in [1.82, 2.24) is 4.57 Å². The summed E-state index contributed by atoms with van der Waals surface area (Å²) in [5.74, 6) is -1.17. The van der Waals surface area contributed by atoms with Gasteiger partial charge >= 0.3 is 5.97 Å². The summed E-state index contributed by atoms with van der Waals surface area (Å²) in [6.45, 7) is 5.40. The number of rotatable bonds is 5. The molecule has 0 aliphatic rings. The first kappa shape index (κ1) is 18.9. The van der Waals surface area contributed by atoms with E-state index in [1.54, 1.807) is 34.1 Å². The highest BCUT2D eigenvalue weighted by Gasteiger charge is 2.22. The molecule has 0 radical (unpaired) electrons. The van der Waals surface area contributed by atoms with Crippen LogP contribution in [0.15, 0.2) is 23.1 Å². The molecule has 0 saturated carbocycles. The average Bonchev–Trinajstić information content (AvgIpc) is 2.52. The number of carbonyl (C=O) groups is 1. The summed E-state index contributed by atoms with van der Waals surface area (Å²) in [5.41, 5.74) is -0.275. The number of nitrogens with zero attached hydrogens (tertiary/aromatic N) is 1. The molecule has 1 aromatic carbocycles. The fourth-order valence-electron chi connectivity index (χ4n) is 2.59. The van der Waals surface area contributed by atoms with Crippen LogP contribution in [0.25, 0.3) is 10.9 Å². The molecular formula is C17H19FINO4. The van der Waals surface area contributed by atoms with Crippen molar-refractivity contribution in [1.29, 1.82) is 0 Å². The Morgan fingerprint density at radius 1 is 1.42 bits per heavy atom. The zero-order chi connectivity index (χ0) is 18.0. The molecule has 0 aliphatic carbocycles. The molecule has 1 heterocycles. The maximum absolute atomic E-state index is 14.0. The number of hydrogen-bond acceptors (Lipinski definition) is 4. The highest BCUT2D eigenvalue weighted by atomic mass is 127. The number of halogens is 2. The summed E-state index contributed by atoms with van der Waals surface area (Å²) in [5, 5.41) is 9.95. The Bertz CT molecular complexity index is 831. The average molecular weight is 447 g/mol. The highest BCUT2D eigenvalue weighted by Crippen LogP contribution is 2.25. The maximum atomic E-state index is 14.0. The van der Waals surface area contributed by atoms with Gasteiger partial charge in [0.15, 0.2) is 0 Å². The zero-order valence-corrected chi connectivity index (χ0v) is 15.8. The lowest BCUT2D eigenvalue weighted by molar-refractivity contribution is 0.0523. The van der Waals surface area contributed by atoms with E-state index in [1.807, 2.05) is 13.8 Å². The molecule has 7 heteroatoms. The van der Waals surface area contributed by atoms with Crippen LogP contribution in [0, 0.1) is 15.3 Å². The van der Waals surface area contributed by atoms with E-state index >= 15 is 0 Å². The number of aliphatic hydroxyl groups excluding tert-OH is 1. The monoisotopic (exact) mass is 447 g/mol. The third-order valence-corrected chi connectivity index (χ3v) is 4.71. The molecular weight excluding hydrogens is 428 g/mol. The molecule has 2 aromatic rings. The number of hydrogen-bond donors (Lipinski definition) is 1. The van der Waals surface area contributed by atoms with Gasteiger partial charge in [-0.15, -0.1) is 0 Å². The van der Waals surface area contributed by atoms with Crippen molar-refractivity contribution >= 4 is 39.5 Å². The fraction of sp³-hybridized carbons (Fsp3) is 0.412. The lowest BCUT2D eigenvalue weighted by Crippen LogP contribution is -2.26. The number of ether oxygens (including phenoxy) is 1. The summed E-state index contributed by atoms with van der Waals surface area (Å²) in [4.78, 5) is 24.8. The summed E-state index contributed by atoms with van der Waals surface area (Å²) in [6, 6.07) is 2.28. The van der Waals surface area contributed by atoms with Crippen molar-refractivity contribution < 1.29 is 19.0 Å². The molecule has 0 amide bonds. The van der Waals surface area contributed by atoms with Crippen molar-refractivity contribution in [3.05, 3.63) is 43.5 Å². The molecule has 1 N–H and O–H groups in total. The molecule has 0 fully saturated rings. The zero-order valence-electron chi connectivity index (χ0n) is 13.7. The minimum atomic E-state index is -0.724. The van der Waals surface area contributed by atoms with Gasteiger partial charge in [-0.25, -0.2) is 9.18 Å². The van der Waals surface area contributed by atoms with Crippen LogP contribution in [0.2, 0.25) is 0 Å². The predicted octanol–water partition coefficient (Wildman–Crippen LogP) is 3.11. The van der Waals surface area contributed by atoms with Crippen molar-refractivity contribution in [2.45, 2.75) is 26.8 Å². The minimum Gasteiger partial charge on any atom is -0.462 e. The number of esters is 1. The van der Waals surface area contributed by atoms with Gasteiger partial charge in [0.1, 0.15) is 11.4 Å². The van der Waals surface area contributed by atoms with Crippen molar-refractivity contribution in [3.8, 4) is 0 Å². The number of aromatic nitrogens is 1. The number of fused-ring (bicyclic) bond motifs is 1. The lowest BCUT2D eigenvalue weighted by Gasteiger charge is -2.25. The van der Waals surface area contributed by atoms with Crippen LogP contribution < -0.4 is 5.43 Å². The Labute approximate surface area is 152 Å². The predicted molar refractivity (Wildman–Crippen MR) is 97.8 cm³/mol. The van der Waals surface area contributed by atoms with E-state index in [4.69, 9.17) is 4.74 Å².